The van der Waals surface area contributed by atoms with Crippen LogP contribution in [0, 0.1) is 5.92 Å². The Kier molecular flexibility index (Phi) is 4.35. The van der Waals surface area contributed by atoms with E-state index in [9.17, 15) is 4.79 Å². The highest BCUT2D eigenvalue weighted by atomic mass is 16.5. The van der Waals surface area contributed by atoms with Crippen LogP contribution < -0.4 is 11.1 Å². The summed E-state index contributed by atoms with van der Waals surface area (Å²) in [5.41, 5.74) is 5.40. The molecule has 0 aromatic rings. The summed E-state index contributed by atoms with van der Waals surface area (Å²) >= 11 is 0. The van der Waals surface area contributed by atoms with E-state index >= 15 is 0 Å². The lowest BCUT2D eigenvalue weighted by Gasteiger charge is -2.15. The largest absolute Gasteiger partial charge is 0.378 e. The second-order valence-electron chi connectivity index (χ2n) is 4.06. The number of amides is 1. The van der Waals surface area contributed by atoms with Gasteiger partial charge in [0.25, 0.3) is 0 Å². The molecule has 4 nitrogen and oxygen atoms in total. The average molecular weight is 200 g/mol. The number of rotatable bonds is 4. The smallest absolute Gasteiger partial charge is 0.225 e. The fourth-order valence-corrected chi connectivity index (χ4v) is 1.68. The van der Waals surface area contributed by atoms with Gasteiger partial charge in [-0.3, -0.25) is 4.79 Å². The van der Waals surface area contributed by atoms with Crippen molar-refractivity contribution in [1.82, 2.24) is 5.32 Å². The lowest BCUT2D eigenvalue weighted by molar-refractivity contribution is -0.125. The van der Waals surface area contributed by atoms with Gasteiger partial charge >= 0.3 is 0 Å². The minimum atomic E-state index is 0.0326. The predicted octanol–water partition coefficient (Wildman–Crippen LogP) is 0.265. The molecule has 1 aliphatic rings. The minimum absolute atomic E-state index is 0.0326. The van der Waals surface area contributed by atoms with E-state index in [1.54, 1.807) is 0 Å². The van der Waals surface area contributed by atoms with Crippen molar-refractivity contribution in [2.45, 2.75) is 38.8 Å². The van der Waals surface area contributed by atoms with Crippen LogP contribution in [0.15, 0.2) is 0 Å². The third-order valence-corrected chi connectivity index (χ3v) is 2.56. The molecule has 0 bridgehead atoms. The molecule has 82 valence electrons. The van der Waals surface area contributed by atoms with Gasteiger partial charge in [-0.25, -0.2) is 0 Å². The van der Waals surface area contributed by atoms with Crippen LogP contribution >= 0.6 is 0 Å². The van der Waals surface area contributed by atoms with E-state index in [-0.39, 0.29) is 24.0 Å². The first-order valence-corrected chi connectivity index (χ1v) is 5.25. The summed E-state index contributed by atoms with van der Waals surface area (Å²) in [6.45, 7) is 5.14. The Morgan fingerprint density at radius 1 is 1.71 bits per heavy atom. The molecular formula is C10H20N2O2. The summed E-state index contributed by atoms with van der Waals surface area (Å²) in [5.74, 6) is 0.139. The molecule has 4 heteroatoms. The van der Waals surface area contributed by atoms with E-state index in [0.717, 1.165) is 12.8 Å². The third-order valence-electron chi connectivity index (χ3n) is 2.56. The standard InChI is InChI=1S/C10H20N2O2/c1-7(3-4-11)12-10(13)9-5-8(2)14-6-9/h7-9H,3-6,11H2,1-2H3,(H,12,13). The molecule has 3 N–H and O–H groups in total. The van der Waals surface area contributed by atoms with E-state index in [2.05, 4.69) is 5.32 Å². The number of hydrogen-bond donors (Lipinski definition) is 2. The molecule has 0 aliphatic carbocycles. The van der Waals surface area contributed by atoms with Gasteiger partial charge in [0.2, 0.25) is 5.91 Å². The van der Waals surface area contributed by atoms with Gasteiger partial charge in [-0.1, -0.05) is 0 Å². The van der Waals surface area contributed by atoms with Gasteiger partial charge in [0.15, 0.2) is 0 Å². The normalized spacial score (nSPS) is 28.8. The second kappa shape index (κ2) is 5.32. The SMILES string of the molecule is CC(CCN)NC(=O)C1COC(C)C1. The maximum absolute atomic E-state index is 11.6. The Morgan fingerprint density at radius 2 is 2.43 bits per heavy atom. The molecule has 1 saturated heterocycles. The van der Waals surface area contributed by atoms with Crippen molar-refractivity contribution in [3.8, 4) is 0 Å². The van der Waals surface area contributed by atoms with Crippen LogP contribution in [0.1, 0.15) is 26.7 Å². The lowest BCUT2D eigenvalue weighted by Crippen LogP contribution is -2.38. The van der Waals surface area contributed by atoms with Crippen molar-refractivity contribution in [3.05, 3.63) is 0 Å². The molecule has 0 spiro atoms. The minimum Gasteiger partial charge on any atom is -0.378 e. The molecule has 0 radical (unpaired) electrons. The molecule has 3 atom stereocenters. The monoisotopic (exact) mass is 200 g/mol. The molecule has 3 unspecified atom stereocenters. The highest BCUT2D eigenvalue weighted by Crippen LogP contribution is 2.19. The molecule has 1 heterocycles. The number of carbonyl (C=O) groups excluding carboxylic acids is 1. The number of nitrogens with two attached hydrogens (primary N) is 1. The Labute approximate surface area is 85.2 Å². The number of nitrogens with one attached hydrogen (secondary N) is 1. The lowest BCUT2D eigenvalue weighted by atomic mass is 10.0. The van der Waals surface area contributed by atoms with Crippen LogP contribution in [0.25, 0.3) is 0 Å². The summed E-state index contributed by atoms with van der Waals surface area (Å²) in [7, 11) is 0. The van der Waals surface area contributed by atoms with Gasteiger partial charge in [0, 0.05) is 6.04 Å². The number of hydrogen-bond acceptors (Lipinski definition) is 3. The maximum Gasteiger partial charge on any atom is 0.225 e. The second-order valence-corrected chi connectivity index (χ2v) is 4.06. The molecule has 1 aliphatic heterocycles. The van der Waals surface area contributed by atoms with Crippen LogP contribution in [0.3, 0.4) is 0 Å². The molecule has 14 heavy (non-hydrogen) atoms. The van der Waals surface area contributed by atoms with Crippen LogP contribution in [0.4, 0.5) is 0 Å². The Morgan fingerprint density at radius 3 is 2.93 bits per heavy atom. The average Bonchev–Trinajstić information content (AvgIpc) is 2.52. The number of ether oxygens (including phenoxy) is 1. The highest BCUT2D eigenvalue weighted by molar-refractivity contribution is 5.79. The fourth-order valence-electron chi connectivity index (χ4n) is 1.68. The molecule has 1 rings (SSSR count). The Bertz CT molecular complexity index is 197. The van der Waals surface area contributed by atoms with Crippen LogP contribution in [-0.2, 0) is 9.53 Å². The topological polar surface area (TPSA) is 64.3 Å². The van der Waals surface area contributed by atoms with Gasteiger partial charge < -0.3 is 15.8 Å². The van der Waals surface area contributed by atoms with Crippen molar-refractivity contribution < 1.29 is 9.53 Å². The fraction of sp³-hybridized carbons (Fsp3) is 0.900. The van der Waals surface area contributed by atoms with Crippen molar-refractivity contribution in [2.24, 2.45) is 11.7 Å². The van der Waals surface area contributed by atoms with Crippen molar-refractivity contribution in [3.63, 3.8) is 0 Å². The zero-order chi connectivity index (χ0) is 10.6. The van der Waals surface area contributed by atoms with Crippen LogP contribution in [0.2, 0.25) is 0 Å². The van der Waals surface area contributed by atoms with Gasteiger partial charge in [0.1, 0.15) is 0 Å². The van der Waals surface area contributed by atoms with Gasteiger partial charge in [0.05, 0.1) is 18.6 Å². The van der Waals surface area contributed by atoms with Crippen LogP contribution in [-0.4, -0.2) is 31.2 Å². The number of carbonyl (C=O) groups is 1. The summed E-state index contributed by atoms with van der Waals surface area (Å²) in [5, 5.41) is 2.94. The summed E-state index contributed by atoms with van der Waals surface area (Å²) in [4.78, 5) is 11.6. The first-order chi connectivity index (χ1) is 6.63. The molecule has 0 aromatic heterocycles. The highest BCUT2D eigenvalue weighted by Gasteiger charge is 2.28. The Balaban J connectivity index is 2.27. The first kappa shape index (κ1) is 11.5. The summed E-state index contributed by atoms with van der Waals surface area (Å²) in [6, 6.07) is 0.170. The molecule has 1 amide bonds. The summed E-state index contributed by atoms with van der Waals surface area (Å²) < 4.78 is 5.34. The molecule has 0 aromatic carbocycles. The van der Waals surface area contributed by atoms with Crippen molar-refractivity contribution >= 4 is 5.91 Å². The molecular weight excluding hydrogens is 180 g/mol. The molecule has 1 fully saturated rings. The van der Waals surface area contributed by atoms with Crippen molar-refractivity contribution in [1.29, 1.82) is 0 Å². The van der Waals surface area contributed by atoms with Gasteiger partial charge in [-0.05, 0) is 33.2 Å². The van der Waals surface area contributed by atoms with E-state index in [1.165, 1.54) is 0 Å². The zero-order valence-corrected chi connectivity index (χ0v) is 8.95. The van der Waals surface area contributed by atoms with E-state index < -0.39 is 0 Å². The van der Waals surface area contributed by atoms with Gasteiger partial charge in [-0.15, -0.1) is 0 Å². The maximum atomic E-state index is 11.6. The van der Waals surface area contributed by atoms with E-state index in [1.807, 2.05) is 13.8 Å². The van der Waals surface area contributed by atoms with E-state index in [0.29, 0.717) is 13.2 Å². The zero-order valence-electron chi connectivity index (χ0n) is 8.95. The van der Waals surface area contributed by atoms with Gasteiger partial charge in [-0.2, -0.15) is 0 Å². The Hall–Kier alpha value is -0.610. The molecule has 0 saturated carbocycles. The van der Waals surface area contributed by atoms with Crippen molar-refractivity contribution in [2.75, 3.05) is 13.2 Å². The first-order valence-electron chi connectivity index (χ1n) is 5.25. The van der Waals surface area contributed by atoms with Crippen LogP contribution in [0.5, 0.6) is 0 Å². The third kappa shape index (κ3) is 3.27. The summed E-state index contributed by atoms with van der Waals surface area (Å²) in [6.07, 6.45) is 1.88. The quantitative estimate of drug-likeness (QED) is 0.684. The predicted molar refractivity (Wildman–Crippen MR) is 54.8 cm³/mol. The van der Waals surface area contributed by atoms with E-state index in [4.69, 9.17) is 10.5 Å².